The first-order valence-electron chi connectivity index (χ1n) is 5.44. The van der Waals surface area contributed by atoms with Crippen molar-refractivity contribution in [3.05, 3.63) is 10.4 Å². The molecule has 1 amide bonds. The van der Waals surface area contributed by atoms with Crippen molar-refractivity contribution < 1.29 is 9.53 Å². The van der Waals surface area contributed by atoms with Gasteiger partial charge in [0.15, 0.2) is 0 Å². The van der Waals surface area contributed by atoms with Crippen LogP contribution in [0.3, 0.4) is 0 Å². The number of ether oxygens (including phenoxy) is 1. The van der Waals surface area contributed by atoms with Gasteiger partial charge in [0.05, 0.1) is 0 Å². The van der Waals surface area contributed by atoms with E-state index in [0.717, 1.165) is 12.8 Å². The van der Waals surface area contributed by atoms with Crippen LogP contribution in [-0.4, -0.2) is 23.8 Å². The largest absolute Gasteiger partial charge is 0.444 e. The molecule has 0 unspecified atom stereocenters. The van der Waals surface area contributed by atoms with Crippen LogP contribution in [0.15, 0.2) is 5.11 Å². The van der Waals surface area contributed by atoms with Gasteiger partial charge in [-0.05, 0) is 45.6 Å². The van der Waals surface area contributed by atoms with Gasteiger partial charge < -0.3 is 10.1 Å². The van der Waals surface area contributed by atoms with Gasteiger partial charge in [-0.2, -0.15) is 0 Å². The minimum atomic E-state index is -0.479. The Labute approximate surface area is 95.0 Å². The van der Waals surface area contributed by atoms with Gasteiger partial charge in [0.25, 0.3) is 0 Å². The highest BCUT2D eigenvalue weighted by Gasteiger charge is 2.26. The average molecular weight is 226 g/mol. The second-order valence-corrected chi connectivity index (χ2v) is 5.01. The van der Waals surface area contributed by atoms with Crippen LogP contribution in [-0.2, 0) is 4.74 Å². The molecule has 0 spiro atoms. The summed E-state index contributed by atoms with van der Waals surface area (Å²) in [7, 11) is 0. The number of carbonyl (C=O) groups is 1. The van der Waals surface area contributed by atoms with E-state index in [1.165, 1.54) is 0 Å². The van der Waals surface area contributed by atoms with Crippen molar-refractivity contribution in [1.29, 1.82) is 0 Å². The lowest BCUT2D eigenvalue weighted by Crippen LogP contribution is -2.38. The van der Waals surface area contributed by atoms with Crippen molar-refractivity contribution in [1.82, 2.24) is 5.32 Å². The standard InChI is InChI=1S/C10H18N4O2/c1-10(2,3)16-9(15)12-7-4-5-8(6-7)13-14-11/h7-8H,4-6H2,1-3H3,(H,12,15)/t7-,8-/m0/s1. The van der Waals surface area contributed by atoms with E-state index < -0.39 is 11.7 Å². The maximum atomic E-state index is 11.4. The molecular formula is C10H18N4O2. The summed E-state index contributed by atoms with van der Waals surface area (Å²) in [4.78, 5) is 14.2. The number of rotatable bonds is 2. The lowest BCUT2D eigenvalue weighted by molar-refractivity contribution is 0.0505. The van der Waals surface area contributed by atoms with Crippen molar-refractivity contribution in [3.63, 3.8) is 0 Å². The summed E-state index contributed by atoms with van der Waals surface area (Å²) in [6.07, 6.45) is 1.95. The molecule has 1 saturated carbocycles. The van der Waals surface area contributed by atoms with E-state index in [0.29, 0.717) is 6.42 Å². The van der Waals surface area contributed by atoms with Gasteiger partial charge in [-0.25, -0.2) is 4.79 Å². The fourth-order valence-corrected chi connectivity index (χ4v) is 1.74. The summed E-state index contributed by atoms with van der Waals surface area (Å²) >= 11 is 0. The first-order valence-corrected chi connectivity index (χ1v) is 5.44. The van der Waals surface area contributed by atoms with Crippen molar-refractivity contribution in [2.24, 2.45) is 5.11 Å². The maximum absolute atomic E-state index is 11.4. The van der Waals surface area contributed by atoms with Crippen LogP contribution >= 0.6 is 0 Å². The van der Waals surface area contributed by atoms with Crippen LogP contribution in [0, 0.1) is 0 Å². The van der Waals surface area contributed by atoms with E-state index >= 15 is 0 Å². The molecule has 0 saturated heterocycles. The van der Waals surface area contributed by atoms with E-state index in [1.54, 1.807) is 0 Å². The van der Waals surface area contributed by atoms with Crippen molar-refractivity contribution in [2.45, 2.75) is 57.7 Å². The van der Waals surface area contributed by atoms with E-state index in [1.807, 2.05) is 20.8 Å². The maximum Gasteiger partial charge on any atom is 0.407 e. The number of nitrogens with zero attached hydrogens (tertiary/aromatic N) is 3. The second kappa shape index (κ2) is 5.07. The molecule has 0 aromatic carbocycles. The summed E-state index contributed by atoms with van der Waals surface area (Å²) in [5.41, 5.74) is 7.81. The predicted molar refractivity (Wildman–Crippen MR) is 59.9 cm³/mol. The monoisotopic (exact) mass is 226 g/mol. The molecule has 0 aliphatic heterocycles. The van der Waals surface area contributed by atoms with Crippen LogP contribution in [0.4, 0.5) is 4.79 Å². The number of nitrogens with one attached hydrogen (secondary N) is 1. The van der Waals surface area contributed by atoms with Crippen LogP contribution in [0.1, 0.15) is 40.0 Å². The quantitative estimate of drug-likeness (QED) is 0.445. The molecule has 6 heteroatoms. The fourth-order valence-electron chi connectivity index (χ4n) is 1.74. The molecule has 90 valence electrons. The number of hydrogen-bond donors (Lipinski definition) is 1. The highest BCUT2D eigenvalue weighted by Crippen LogP contribution is 2.22. The number of hydrogen-bond acceptors (Lipinski definition) is 3. The van der Waals surface area contributed by atoms with E-state index in [2.05, 4.69) is 15.3 Å². The highest BCUT2D eigenvalue weighted by atomic mass is 16.6. The van der Waals surface area contributed by atoms with Crippen LogP contribution in [0.25, 0.3) is 10.4 Å². The van der Waals surface area contributed by atoms with Gasteiger partial charge in [0, 0.05) is 17.0 Å². The SMILES string of the molecule is CC(C)(C)OC(=O)N[C@H]1CC[C@H](N=[N+]=[N-])C1. The van der Waals surface area contributed by atoms with Gasteiger partial charge in [0.2, 0.25) is 0 Å². The molecule has 1 N–H and O–H groups in total. The molecule has 1 fully saturated rings. The van der Waals surface area contributed by atoms with Gasteiger partial charge >= 0.3 is 6.09 Å². The minimum absolute atomic E-state index is 0.00457. The Morgan fingerprint density at radius 1 is 1.50 bits per heavy atom. The third-order valence-corrected chi connectivity index (χ3v) is 2.34. The molecule has 1 aliphatic carbocycles. The summed E-state index contributed by atoms with van der Waals surface area (Å²) in [6, 6.07) is 0.0651. The summed E-state index contributed by atoms with van der Waals surface area (Å²) in [5, 5.41) is 6.42. The Balaban J connectivity index is 2.34. The molecular weight excluding hydrogens is 208 g/mol. The van der Waals surface area contributed by atoms with Crippen LogP contribution < -0.4 is 5.32 Å². The third kappa shape index (κ3) is 4.40. The van der Waals surface area contributed by atoms with Crippen LogP contribution in [0.5, 0.6) is 0 Å². The number of carbonyl (C=O) groups excluding carboxylic acids is 1. The van der Waals surface area contributed by atoms with Crippen LogP contribution in [0.2, 0.25) is 0 Å². The summed E-state index contributed by atoms with van der Waals surface area (Å²) in [6.45, 7) is 5.47. The topological polar surface area (TPSA) is 87.1 Å². The average Bonchev–Trinajstić information content (AvgIpc) is 2.49. The van der Waals surface area contributed by atoms with Crippen molar-refractivity contribution >= 4 is 6.09 Å². The molecule has 0 radical (unpaired) electrons. The van der Waals surface area contributed by atoms with Crippen molar-refractivity contribution in [3.8, 4) is 0 Å². The van der Waals surface area contributed by atoms with Gasteiger partial charge in [-0.3, -0.25) is 0 Å². The lowest BCUT2D eigenvalue weighted by atomic mass is 10.2. The molecule has 1 aliphatic rings. The Bertz CT molecular complexity index is 304. The molecule has 6 nitrogen and oxygen atoms in total. The zero-order valence-electron chi connectivity index (χ0n) is 9.93. The Hall–Kier alpha value is -1.42. The van der Waals surface area contributed by atoms with Crippen molar-refractivity contribution in [2.75, 3.05) is 0 Å². The van der Waals surface area contributed by atoms with Gasteiger partial charge in [-0.1, -0.05) is 5.11 Å². The zero-order chi connectivity index (χ0) is 12.2. The summed E-state index contributed by atoms with van der Waals surface area (Å²) in [5.74, 6) is 0. The molecule has 0 aromatic rings. The Morgan fingerprint density at radius 3 is 2.75 bits per heavy atom. The predicted octanol–water partition coefficient (Wildman–Crippen LogP) is 2.74. The molecule has 0 aromatic heterocycles. The first-order chi connectivity index (χ1) is 7.40. The molecule has 0 bridgehead atoms. The molecule has 2 atom stereocenters. The zero-order valence-corrected chi connectivity index (χ0v) is 9.93. The summed E-state index contributed by atoms with van der Waals surface area (Å²) < 4.78 is 5.14. The third-order valence-electron chi connectivity index (χ3n) is 2.34. The van der Waals surface area contributed by atoms with Gasteiger partial charge in [-0.15, -0.1) is 0 Å². The molecule has 1 rings (SSSR count). The van der Waals surface area contributed by atoms with E-state index in [-0.39, 0.29) is 12.1 Å². The molecule has 16 heavy (non-hydrogen) atoms. The number of azide groups is 1. The Kier molecular flexibility index (Phi) is 4.01. The number of alkyl carbamates (subject to hydrolysis) is 1. The lowest BCUT2D eigenvalue weighted by Gasteiger charge is -2.21. The first kappa shape index (κ1) is 12.6. The highest BCUT2D eigenvalue weighted by molar-refractivity contribution is 5.68. The number of amides is 1. The smallest absolute Gasteiger partial charge is 0.407 e. The Morgan fingerprint density at radius 2 is 2.19 bits per heavy atom. The van der Waals surface area contributed by atoms with E-state index in [9.17, 15) is 4.79 Å². The van der Waals surface area contributed by atoms with E-state index in [4.69, 9.17) is 10.3 Å². The van der Waals surface area contributed by atoms with Gasteiger partial charge in [0.1, 0.15) is 5.60 Å². The fraction of sp³-hybridized carbons (Fsp3) is 0.900. The molecule has 0 heterocycles. The minimum Gasteiger partial charge on any atom is -0.444 e. The second-order valence-electron chi connectivity index (χ2n) is 5.01. The normalized spacial score (nSPS) is 24.7.